The minimum atomic E-state index is -0.401. The van der Waals surface area contributed by atoms with Crippen LogP contribution in [0, 0.1) is 13.8 Å². The van der Waals surface area contributed by atoms with Crippen molar-refractivity contribution >= 4 is 15.9 Å². The molecule has 0 amide bonds. The number of ether oxygens (including phenoxy) is 2. The van der Waals surface area contributed by atoms with Gasteiger partial charge in [-0.05, 0) is 60.0 Å². The Hall–Kier alpha value is -0.700. The van der Waals surface area contributed by atoms with Crippen LogP contribution in [0.2, 0.25) is 0 Å². The zero-order valence-electron chi connectivity index (χ0n) is 8.56. The Kier molecular flexibility index (Phi) is 2.22. The molecule has 0 saturated carbocycles. The summed E-state index contributed by atoms with van der Waals surface area (Å²) in [5.74, 6) is 1.66. The Balaban J connectivity index is 2.43. The van der Waals surface area contributed by atoms with E-state index >= 15 is 0 Å². The van der Waals surface area contributed by atoms with Crippen molar-refractivity contribution in [2.24, 2.45) is 0 Å². The van der Waals surface area contributed by atoms with E-state index in [9.17, 15) is 0 Å². The number of fused-ring (bicyclic) bond motifs is 1. The van der Waals surface area contributed by atoms with Gasteiger partial charge in [0.25, 0.3) is 0 Å². The zero-order valence-corrected chi connectivity index (χ0v) is 10.1. The molecule has 76 valence electrons. The number of rotatable bonds is 0. The first-order valence-corrected chi connectivity index (χ1v) is 5.39. The van der Waals surface area contributed by atoms with Crippen molar-refractivity contribution in [2.75, 3.05) is 6.61 Å². The van der Waals surface area contributed by atoms with Gasteiger partial charge < -0.3 is 9.47 Å². The molecular formula is C11H13BrO2. The van der Waals surface area contributed by atoms with E-state index in [4.69, 9.17) is 9.47 Å². The van der Waals surface area contributed by atoms with E-state index in [1.807, 2.05) is 19.1 Å². The molecule has 0 unspecified atom stereocenters. The van der Waals surface area contributed by atoms with Crippen LogP contribution in [0.15, 0.2) is 12.1 Å². The van der Waals surface area contributed by atoms with Crippen molar-refractivity contribution in [1.82, 2.24) is 0 Å². The fourth-order valence-corrected chi connectivity index (χ4v) is 1.71. The molecule has 0 aromatic heterocycles. The van der Waals surface area contributed by atoms with Crippen LogP contribution in [0.1, 0.15) is 18.1 Å². The molecule has 0 fully saturated rings. The van der Waals surface area contributed by atoms with Crippen molar-refractivity contribution < 1.29 is 9.47 Å². The number of benzene rings is 1. The molecule has 1 aromatic carbocycles. The minimum absolute atomic E-state index is 0.401. The van der Waals surface area contributed by atoms with Crippen LogP contribution in [0.25, 0.3) is 0 Å². The molecule has 1 aromatic rings. The Labute approximate surface area is 92.3 Å². The highest BCUT2D eigenvalue weighted by molar-refractivity contribution is 9.10. The van der Waals surface area contributed by atoms with Crippen molar-refractivity contribution in [2.45, 2.75) is 25.3 Å². The lowest BCUT2D eigenvalue weighted by atomic mass is 10.1. The summed E-state index contributed by atoms with van der Waals surface area (Å²) < 4.78 is 10.9. The molecule has 0 N–H and O–H groups in total. The second kappa shape index (κ2) is 3.16. The molecular weight excluding hydrogens is 244 g/mol. The number of aryl methyl sites for hydroxylation is 2. The summed E-state index contributed by atoms with van der Waals surface area (Å²) in [6, 6.07) is 4.04. The van der Waals surface area contributed by atoms with Gasteiger partial charge in [-0.2, -0.15) is 0 Å². The van der Waals surface area contributed by atoms with E-state index in [-0.39, 0.29) is 0 Å². The van der Waals surface area contributed by atoms with E-state index in [1.54, 1.807) is 0 Å². The Morgan fingerprint density at radius 3 is 2.43 bits per heavy atom. The minimum Gasteiger partial charge on any atom is -0.485 e. The summed E-state index contributed by atoms with van der Waals surface area (Å²) >= 11 is 3.46. The van der Waals surface area contributed by atoms with Gasteiger partial charge in [0.15, 0.2) is 16.0 Å². The predicted octanol–water partition coefficient (Wildman–Crippen LogP) is 3.19. The van der Waals surface area contributed by atoms with Gasteiger partial charge >= 0.3 is 0 Å². The van der Waals surface area contributed by atoms with E-state index < -0.39 is 4.51 Å². The lowest BCUT2D eigenvalue weighted by Gasteiger charge is -2.31. The molecule has 0 spiro atoms. The van der Waals surface area contributed by atoms with Gasteiger partial charge in [0.2, 0.25) is 0 Å². The number of alkyl halides is 1. The van der Waals surface area contributed by atoms with Gasteiger partial charge in [-0.1, -0.05) is 0 Å². The van der Waals surface area contributed by atoms with Crippen LogP contribution in [-0.2, 0) is 0 Å². The third-order valence-corrected chi connectivity index (χ3v) is 2.76. The quantitative estimate of drug-likeness (QED) is 0.664. The third kappa shape index (κ3) is 1.73. The van der Waals surface area contributed by atoms with Gasteiger partial charge in [0.05, 0.1) is 0 Å². The molecule has 2 nitrogen and oxygen atoms in total. The van der Waals surface area contributed by atoms with Gasteiger partial charge in [0, 0.05) is 0 Å². The zero-order chi connectivity index (χ0) is 10.3. The highest BCUT2D eigenvalue weighted by Crippen LogP contribution is 2.39. The average Bonchev–Trinajstić information content (AvgIpc) is 2.07. The van der Waals surface area contributed by atoms with E-state index in [1.165, 1.54) is 11.1 Å². The van der Waals surface area contributed by atoms with Gasteiger partial charge in [-0.25, -0.2) is 0 Å². The standard InChI is InChI=1S/C11H13BrO2/c1-7-4-9-10(5-8(7)2)14-11(3,12)6-13-9/h4-5H,6H2,1-3H3/t11-/m0/s1. The molecule has 1 aliphatic rings. The maximum Gasteiger partial charge on any atom is 0.194 e. The predicted molar refractivity (Wildman–Crippen MR) is 59.4 cm³/mol. The molecule has 1 heterocycles. The number of hydrogen-bond donors (Lipinski definition) is 0. The molecule has 1 aliphatic heterocycles. The van der Waals surface area contributed by atoms with Crippen LogP contribution in [-0.4, -0.2) is 11.1 Å². The highest BCUT2D eigenvalue weighted by Gasteiger charge is 2.30. The lowest BCUT2D eigenvalue weighted by Crippen LogP contribution is -2.35. The molecule has 1 atom stereocenters. The third-order valence-electron chi connectivity index (χ3n) is 2.37. The summed E-state index contributed by atoms with van der Waals surface area (Å²) in [6.45, 7) is 6.62. The maximum absolute atomic E-state index is 5.75. The second-order valence-electron chi connectivity index (χ2n) is 3.88. The molecule has 2 rings (SSSR count). The summed E-state index contributed by atoms with van der Waals surface area (Å²) in [5, 5.41) is 0. The van der Waals surface area contributed by atoms with Crippen molar-refractivity contribution in [3.63, 3.8) is 0 Å². The first-order chi connectivity index (χ1) is 6.48. The van der Waals surface area contributed by atoms with Gasteiger partial charge in [-0.3, -0.25) is 0 Å². The topological polar surface area (TPSA) is 18.5 Å². The summed E-state index contributed by atoms with van der Waals surface area (Å²) in [7, 11) is 0. The van der Waals surface area contributed by atoms with E-state index in [2.05, 4.69) is 29.8 Å². The summed E-state index contributed by atoms with van der Waals surface area (Å²) in [5.41, 5.74) is 2.45. The summed E-state index contributed by atoms with van der Waals surface area (Å²) in [4.78, 5) is 0. The monoisotopic (exact) mass is 256 g/mol. The van der Waals surface area contributed by atoms with E-state index in [0.717, 1.165) is 11.5 Å². The van der Waals surface area contributed by atoms with Gasteiger partial charge in [0.1, 0.15) is 6.61 Å². The fourth-order valence-electron chi connectivity index (χ4n) is 1.42. The molecule has 0 saturated heterocycles. The Morgan fingerprint density at radius 2 is 1.79 bits per heavy atom. The van der Waals surface area contributed by atoms with Crippen LogP contribution in [0.5, 0.6) is 11.5 Å². The molecule has 0 aliphatic carbocycles. The molecule has 0 bridgehead atoms. The summed E-state index contributed by atoms with van der Waals surface area (Å²) in [6.07, 6.45) is 0. The Morgan fingerprint density at radius 1 is 1.21 bits per heavy atom. The highest BCUT2D eigenvalue weighted by atomic mass is 79.9. The molecule has 14 heavy (non-hydrogen) atoms. The first kappa shape index (κ1) is 9.84. The van der Waals surface area contributed by atoms with Crippen LogP contribution in [0.3, 0.4) is 0 Å². The second-order valence-corrected chi connectivity index (χ2v) is 5.55. The Bertz CT molecular complexity index is 372. The van der Waals surface area contributed by atoms with Crippen molar-refractivity contribution in [3.8, 4) is 11.5 Å². The number of hydrogen-bond acceptors (Lipinski definition) is 2. The number of halogens is 1. The maximum atomic E-state index is 5.75. The van der Waals surface area contributed by atoms with Crippen molar-refractivity contribution in [1.29, 1.82) is 0 Å². The SMILES string of the molecule is Cc1cc2c(cc1C)O[C@](C)(Br)CO2. The van der Waals surface area contributed by atoms with Crippen LogP contribution in [0.4, 0.5) is 0 Å². The molecule has 0 radical (unpaired) electrons. The first-order valence-electron chi connectivity index (χ1n) is 4.60. The average molecular weight is 257 g/mol. The van der Waals surface area contributed by atoms with E-state index in [0.29, 0.717) is 6.61 Å². The van der Waals surface area contributed by atoms with Gasteiger partial charge in [-0.15, -0.1) is 0 Å². The largest absolute Gasteiger partial charge is 0.485 e. The van der Waals surface area contributed by atoms with Crippen LogP contribution >= 0.6 is 15.9 Å². The van der Waals surface area contributed by atoms with Crippen molar-refractivity contribution in [3.05, 3.63) is 23.3 Å². The smallest absolute Gasteiger partial charge is 0.194 e. The van der Waals surface area contributed by atoms with Crippen LogP contribution < -0.4 is 9.47 Å². The molecule has 3 heteroatoms. The normalized spacial score (nSPS) is 24.9. The lowest BCUT2D eigenvalue weighted by molar-refractivity contribution is 0.0831. The fraction of sp³-hybridized carbons (Fsp3) is 0.455.